The number of hydrogen-bond donors (Lipinski definition) is 0. The van der Waals surface area contributed by atoms with E-state index < -0.39 is 0 Å². The zero-order valence-electron chi connectivity index (χ0n) is 11.2. The van der Waals surface area contributed by atoms with Crippen LogP contribution in [0.5, 0.6) is 0 Å². The molecule has 0 bridgehead atoms. The second kappa shape index (κ2) is 6.98. The smallest absolute Gasteiger partial charge is 0.223 e. The number of furan rings is 1. The van der Waals surface area contributed by atoms with E-state index in [1.165, 1.54) is 25.7 Å². The van der Waals surface area contributed by atoms with Crippen LogP contribution in [0.1, 0.15) is 44.3 Å². The molecular formula is C15H20N2O2. The summed E-state index contributed by atoms with van der Waals surface area (Å²) >= 11 is 0. The summed E-state index contributed by atoms with van der Waals surface area (Å²) in [5, 5.41) is 8.70. The highest BCUT2D eigenvalue weighted by Gasteiger charge is 2.22. The molecule has 4 nitrogen and oxygen atoms in total. The Kier molecular flexibility index (Phi) is 5.02. The zero-order chi connectivity index (χ0) is 13.5. The minimum Gasteiger partial charge on any atom is -0.467 e. The normalized spacial score (nSPS) is 15.3. The molecule has 1 aliphatic rings. The van der Waals surface area contributed by atoms with E-state index >= 15 is 0 Å². The van der Waals surface area contributed by atoms with Gasteiger partial charge in [-0.1, -0.05) is 12.8 Å². The van der Waals surface area contributed by atoms with Crippen molar-refractivity contribution in [3.8, 4) is 6.07 Å². The second-order valence-electron chi connectivity index (χ2n) is 5.16. The number of carbonyl (C=O) groups is 1. The SMILES string of the molecule is N#CCCN(Cc1ccco1)C(=O)CC1CCCC1. The van der Waals surface area contributed by atoms with Gasteiger partial charge in [-0.15, -0.1) is 0 Å². The second-order valence-corrected chi connectivity index (χ2v) is 5.16. The van der Waals surface area contributed by atoms with E-state index in [1.54, 1.807) is 11.2 Å². The maximum Gasteiger partial charge on any atom is 0.223 e. The first-order chi connectivity index (χ1) is 9.29. The first-order valence-electron chi connectivity index (χ1n) is 6.96. The topological polar surface area (TPSA) is 57.2 Å². The van der Waals surface area contributed by atoms with E-state index in [1.807, 2.05) is 12.1 Å². The van der Waals surface area contributed by atoms with Gasteiger partial charge in [0.2, 0.25) is 5.91 Å². The van der Waals surface area contributed by atoms with E-state index in [0.29, 0.717) is 31.8 Å². The molecule has 1 saturated carbocycles. The van der Waals surface area contributed by atoms with E-state index in [-0.39, 0.29) is 5.91 Å². The average molecular weight is 260 g/mol. The summed E-state index contributed by atoms with van der Waals surface area (Å²) in [6.45, 7) is 0.961. The van der Waals surface area contributed by atoms with Crippen LogP contribution in [0.3, 0.4) is 0 Å². The van der Waals surface area contributed by atoms with Crippen molar-refractivity contribution in [2.75, 3.05) is 6.54 Å². The number of hydrogen-bond acceptors (Lipinski definition) is 3. The lowest BCUT2D eigenvalue weighted by Crippen LogP contribution is -2.32. The van der Waals surface area contributed by atoms with Crippen LogP contribution in [0, 0.1) is 17.2 Å². The molecule has 19 heavy (non-hydrogen) atoms. The molecular weight excluding hydrogens is 240 g/mol. The molecule has 1 aromatic heterocycles. The largest absolute Gasteiger partial charge is 0.467 e. The molecule has 1 aliphatic carbocycles. The average Bonchev–Trinajstić information content (AvgIpc) is 3.07. The third-order valence-electron chi connectivity index (χ3n) is 3.71. The van der Waals surface area contributed by atoms with Crippen LogP contribution in [0.25, 0.3) is 0 Å². The summed E-state index contributed by atoms with van der Waals surface area (Å²) < 4.78 is 5.29. The number of amides is 1. The Hall–Kier alpha value is -1.76. The molecule has 2 rings (SSSR count). The fourth-order valence-corrected chi connectivity index (χ4v) is 2.66. The predicted octanol–water partition coefficient (Wildman–Crippen LogP) is 3.10. The predicted molar refractivity (Wildman–Crippen MR) is 70.9 cm³/mol. The van der Waals surface area contributed by atoms with Crippen molar-refractivity contribution in [1.29, 1.82) is 5.26 Å². The van der Waals surface area contributed by atoms with Gasteiger partial charge < -0.3 is 9.32 Å². The van der Waals surface area contributed by atoms with Crippen molar-refractivity contribution in [2.24, 2.45) is 5.92 Å². The van der Waals surface area contributed by atoms with E-state index in [0.717, 1.165) is 5.76 Å². The Labute approximate surface area is 114 Å². The molecule has 0 spiro atoms. The fourth-order valence-electron chi connectivity index (χ4n) is 2.66. The minimum atomic E-state index is 0.151. The highest BCUT2D eigenvalue weighted by molar-refractivity contribution is 5.76. The van der Waals surface area contributed by atoms with Crippen LogP contribution in [0.2, 0.25) is 0 Å². The van der Waals surface area contributed by atoms with Gasteiger partial charge in [-0.25, -0.2) is 0 Å². The third-order valence-corrected chi connectivity index (χ3v) is 3.71. The van der Waals surface area contributed by atoms with Crippen molar-refractivity contribution < 1.29 is 9.21 Å². The molecule has 0 atom stereocenters. The van der Waals surface area contributed by atoms with Gasteiger partial charge in [-0.2, -0.15) is 5.26 Å². The van der Waals surface area contributed by atoms with Crippen LogP contribution < -0.4 is 0 Å². The Morgan fingerprint density at radius 2 is 2.26 bits per heavy atom. The summed E-state index contributed by atoms with van der Waals surface area (Å²) in [5.41, 5.74) is 0. The summed E-state index contributed by atoms with van der Waals surface area (Å²) in [6.07, 6.45) is 7.42. The number of rotatable bonds is 6. The molecule has 1 aromatic rings. The van der Waals surface area contributed by atoms with Gasteiger partial charge >= 0.3 is 0 Å². The van der Waals surface area contributed by atoms with Crippen molar-refractivity contribution in [2.45, 2.75) is 45.1 Å². The monoisotopic (exact) mass is 260 g/mol. The van der Waals surface area contributed by atoms with Gasteiger partial charge in [0.15, 0.2) is 0 Å². The van der Waals surface area contributed by atoms with Crippen molar-refractivity contribution in [3.05, 3.63) is 24.2 Å². The van der Waals surface area contributed by atoms with Crippen LogP contribution in [0.4, 0.5) is 0 Å². The van der Waals surface area contributed by atoms with Crippen LogP contribution in [-0.4, -0.2) is 17.4 Å². The number of nitrogens with zero attached hydrogens (tertiary/aromatic N) is 2. The molecule has 0 N–H and O–H groups in total. The number of nitriles is 1. The van der Waals surface area contributed by atoms with Crippen LogP contribution in [0.15, 0.2) is 22.8 Å². The molecule has 0 radical (unpaired) electrons. The highest BCUT2D eigenvalue weighted by atomic mass is 16.3. The van der Waals surface area contributed by atoms with Gasteiger partial charge in [0.25, 0.3) is 0 Å². The standard InChI is InChI=1S/C15H20N2O2/c16-8-4-9-17(12-14-7-3-10-19-14)15(18)11-13-5-1-2-6-13/h3,7,10,13H,1-2,4-6,9,11-12H2. The first-order valence-corrected chi connectivity index (χ1v) is 6.96. The number of carbonyl (C=O) groups excluding carboxylic acids is 1. The molecule has 4 heteroatoms. The molecule has 1 heterocycles. The Balaban J connectivity index is 1.91. The van der Waals surface area contributed by atoms with Gasteiger partial charge in [0.1, 0.15) is 5.76 Å². The van der Waals surface area contributed by atoms with Crippen molar-refractivity contribution in [3.63, 3.8) is 0 Å². The third kappa shape index (κ3) is 4.13. The quantitative estimate of drug-likeness (QED) is 0.789. The van der Waals surface area contributed by atoms with E-state index in [4.69, 9.17) is 9.68 Å². The Bertz CT molecular complexity index is 427. The van der Waals surface area contributed by atoms with Gasteiger partial charge in [-0.05, 0) is 30.9 Å². The van der Waals surface area contributed by atoms with Crippen LogP contribution >= 0.6 is 0 Å². The van der Waals surface area contributed by atoms with Crippen LogP contribution in [-0.2, 0) is 11.3 Å². The lowest BCUT2D eigenvalue weighted by atomic mass is 10.0. The maximum atomic E-state index is 12.3. The Morgan fingerprint density at radius 3 is 2.89 bits per heavy atom. The van der Waals surface area contributed by atoms with Gasteiger partial charge in [-0.3, -0.25) is 4.79 Å². The molecule has 0 aromatic carbocycles. The van der Waals surface area contributed by atoms with Crippen molar-refractivity contribution in [1.82, 2.24) is 4.90 Å². The van der Waals surface area contributed by atoms with Crippen molar-refractivity contribution >= 4 is 5.91 Å². The summed E-state index contributed by atoms with van der Waals surface area (Å²) in [4.78, 5) is 14.1. The summed E-state index contributed by atoms with van der Waals surface area (Å²) in [7, 11) is 0. The molecule has 0 saturated heterocycles. The Morgan fingerprint density at radius 1 is 1.47 bits per heavy atom. The molecule has 0 aliphatic heterocycles. The molecule has 0 unspecified atom stereocenters. The molecule has 1 fully saturated rings. The zero-order valence-corrected chi connectivity index (χ0v) is 11.2. The lowest BCUT2D eigenvalue weighted by molar-refractivity contribution is -0.133. The van der Waals surface area contributed by atoms with Gasteiger partial charge in [0.05, 0.1) is 25.3 Å². The maximum absolute atomic E-state index is 12.3. The van der Waals surface area contributed by atoms with E-state index in [9.17, 15) is 4.79 Å². The lowest BCUT2D eigenvalue weighted by Gasteiger charge is -2.22. The summed E-state index contributed by atoms with van der Waals surface area (Å²) in [5.74, 6) is 1.46. The minimum absolute atomic E-state index is 0.151. The highest BCUT2D eigenvalue weighted by Crippen LogP contribution is 2.28. The van der Waals surface area contributed by atoms with Gasteiger partial charge in [0, 0.05) is 13.0 Å². The molecule has 102 valence electrons. The molecule has 1 amide bonds. The van der Waals surface area contributed by atoms with E-state index in [2.05, 4.69) is 6.07 Å². The first kappa shape index (κ1) is 13.7. The fraction of sp³-hybridized carbons (Fsp3) is 0.600. The summed E-state index contributed by atoms with van der Waals surface area (Å²) in [6, 6.07) is 5.78.